The average molecular weight is 282 g/mol. The van der Waals surface area contributed by atoms with Crippen LogP contribution in [0.3, 0.4) is 0 Å². The van der Waals surface area contributed by atoms with Gasteiger partial charge in [-0.3, -0.25) is 10.2 Å². The van der Waals surface area contributed by atoms with Gasteiger partial charge in [0.2, 0.25) is 0 Å². The topological polar surface area (TPSA) is 72.9 Å². The van der Waals surface area contributed by atoms with Crippen LogP contribution in [0.1, 0.15) is 20.1 Å². The molecular formula is C11H14N4OS2. The number of amides is 1. The summed E-state index contributed by atoms with van der Waals surface area (Å²) in [4.78, 5) is 17.4. The van der Waals surface area contributed by atoms with Gasteiger partial charge < -0.3 is 4.57 Å². The number of hydrazine groups is 1. The van der Waals surface area contributed by atoms with Gasteiger partial charge in [-0.05, 0) is 18.6 Å². The second-order valence-electron chi connectivity index (χ2n) is 3.77. The Morgan fingerprint density at radius 1 is 1.67 bits per heavy atom. The maximum atomic E-state index is 11.4. The van der Waals surface area contributed by atoms with E-state index in [-0.39, 0.29) is 5.91 Å². The monoisotopic (exact) mass is 282 g/mol. The lowest BCUT2D eigenvalue weighted by molar-refractivity contribution is 0.0957. The quantitative estimate of drug-likeness (QED) is 0.387. The molecule has 0 aromatic carbocycles. The first-order chi connectivity index (χ1) is 8.61. The van der Waals surface area contributed by atoms with Crippen molar-refractivity contribution in [3.8, 4) is 0 Å². The maximum absolute atomic E-state index is 11.4. The predicted molar refractivity (Wildman–Crippen MR) is 73.5 cm³/mol. The smallest absolute Gasteiger partial charge is 0.275 e. The molecule has 0 fully saturated rings. The van der Waals surface area contributed by atoms with Crippen molar-refractivity contribution in [3.63, 3.8) is 0 Å². The third-order valence-corrected chi connectivity index (χ3v) is 4.71. The third kappa shape index (κ3) is 2.74. The van der Waals surface area contributed by atoms with Gasteiger partial charge in [0.25, 0.3) is 5.91 Å². The number of hydrogen-bond donors (Lipinski definition) is 2. The molecule has 0 atom stereocenters. The molecule has 2 rings (SSSR count). The number of carbonyl (C=O) groups is 1. The molecule has 0 saturated heterocycles. The minimum Gasteiger partial charge on any atom is -0.329 e. The number of nitrogens with one attached hydrogen (secondary N) is 1. The number of nitrogen functional groups attached to an aromatic ring is 1. The molecule has 0 spiro atoms. The molecule has 18 heavy (non-hydrogen) atoms. The zero-order valence-electron chi connectivity index (χ0n) is 10.1. The first-order valence-electron chi connectivity index (χ1n) is 5.32. The summed E-state index contributed by atoms with van der Waals surface area (Å²) in [7, 11) is 1.96. The van der Waals surface area contributed by atoms with E-state index >= 15 is 0 Å². The van der Waals surface area contributed by atoms with Gasteiger partial charge in [0.1, 0.15) is 0 Å². The van der Waals surface area contributed by atoms with Crippen molar-refractivity contribution in [2.75, 3.05) is 0 Å². The number of rotatable bonds is 4. The standard InChI is InChI=1S/C11H14N4OS2/c1-7-8(5-9(18-7)10(16)14-12)6-17-11-13-3-4-15(11)2/h3-5H,6,12H2,1-2H3,(H,14,16). The van der Waals surface area contributed by atoms with Crippen molar-refractivity contribution in [1.82, 2.24) is 15.0 Å². The van der Waals surface area contributed by atoms with Gasteiger partial charge in [-0.15, -0.1) is 11.3 Å². The Morgan fingerprint density at radius 2 is 2.44 bits per heavy atom. The molecule has 0 bridgehead atoms. The van der Waals surface area contributed by atoms with E-state index in [0.717, 1.165) is 21.3 Å². The number of aryl methyl sites for hydroxylation is 2. The van der Waals surface area contributed by atoms with Crippen LogP contribution in [-0.4, -0.2) is 15.5 Å². The van der Waals surface area contributed by atoms with Crippen molar-refractivity contribution in [3.05, 3.63) is 33.8 Å². The summed E-state index contributed by atoms with van der Waals surface area (Å²) in [5.74, 6) is 5.68. The van der Waals surface area contributed by atoms with Crippen molar-refractivity contribution < 1.29 is 4.79 Å². The summed E-state index contributed by atoms with van der Waals surface area (Å²) < 4.78 is 1.97. The fourth-order valence-electron chi connectivity index (χ4n) is 1.48. The van der Waals surface area contributed by atoms with Crippen LogP contribution in [0.15, 0.2) is 23.6 Å². The third-order valence-electron chi connectivity index (χ3n) is 2.51. The van der Waals surface area contributed by atoms with Crippen molar-refractivity contribution in [2.24, 2.45) is 12.9 Å². The zero-order chi connectivity index (χ0) is 13.1. The van der Waals surface area contributed by atoms with Crippen LogP contribution < -0.4 is 11.3 Å². The first kappa shape index (κ1) is 13.1. The van der Waals surface area contributed by atoms with E-state index in [4.69, 9.17) is 5.84 Å². The lowest BCUT2D eigenvalue weighted by Gasteiger charge is -2.00. The summed E-state index contributed by atoms with van der Waals surface area (Å²) in [6, 6.07) is 1.89. The first-order valence-corrected chi connectivity index (χ1v) is 7.12. The zero-order valence-corrected chi connectivity index (χ0v) is 11.8. The highest BCUT2D eigenvalue weighted by molar-refractivity contribution is 7.98. The van der Waals surface area contributed by atoms with E-state index in [1.807, 2.05) is 30.8 Å². The number of aromatic nitrogens is 2. The molecule has 0 unspecified atom stereocenters. The van der Waals surface area contributed by atoms with Crippen molar-refractivity contribution in [2.45, 2.75) is 17.8 Å². The molecule has 0 radical (unpaired) electrons. The Kier molecular flexibility index (Phi) is 4.05. The van der Waals surface area contributed by atoms with Crippen LogP contribution in [0.2, 0.25) is 0 Å². The van der Waals surface area contributed by atoms with Crippen molar-refractivity contribution in [1.29, 1.82) is 0 Å². The molecule has 3 N–H and O–H groups in total. The van der Waals surface area contributed by atoms with Gasteiger partial charge >= 0.3 is 0 Å². The molecule has 5 nitrogen and oxygen atoms in total. The molecule has 1 amide bonds. The fourth-order valence-corrected chi connectivity index (χ4v) is 3.50. The molecule has 7 heteroatoms. The van der Waals surface area contributed by atoms with Gasteiger partial charge in [-0.2, -0.15) is 0 Å². The summed E-state index contributed by atoms with van der Waals surface area (Å²) >= 11 is 3.11. The highest BCUT2D eigenvalue weighted by Gasteiger charge is 2.12. The number of thiophene rings is 1. The largest absolute Gasteiger partial charge is 0.329 e. The molecule has 2 aromatic heterocycles. The molecule has 96 valence electrons. The highest BCUT2D eigenvalue weighted by atomic mass is 32.2. The number of nitrogens with zero attached hydrogens (tertiary/aromatic N) is 2. The van der Waals surface area contributed by atoms with Gasteiger partial charge in [0.15, 0.2) is 5.16 Å². The van der Waals surface area contributed by atoms with Gasteiger partial charge in [-0.1, -0.05) is 11.8 Å². The molecule has 0 aliphatic heterocycles. The molecular weight excluding hydrogens is 268 g/mol. The van der Waals surface area contributed by atoms with Crippen LogP contribution in [0, 0.1) is 6.92 Å². The second-order valence-corrected chi connectivity index (χ2v) is 5.97. The van der Waals surface area contributed by atoms with Gasteiger partial charge in [0, 0.05) is 30.1 Å². The van der Waals surface area contributed by atoms with E-state index in [9.17, 15) is 4.79 Å². The lowest BCUT2D eigenvalue weighted by atomic mass is 10.3. The van der Waals surface area contributed by atoms with Crippen LogP contribution in [-0.2, 0) is 12.8 Å². The summed E-state index contributed by atoms with van der Waals surface area (Å²) in [6.45, 7) is 2.01. The Hall–Kier alpha value is -1.31. The Bertz CT molecular complexity index is 561. The predicted octanol–water partition coefficient (Wildman–Crippen LogP) is 1.69. The van der Waals surface area contributed by atoms with E-state index in [2.05, 4.69) is 10.4 Å². The van der Waals surface area contributed by atoms with E-state index in [1.165, 1.54) is 11.3 Å². The Balaban J connectivity index is 2.08. The van der Waals surface area contributed by atoms with E-state index in [1.54, 1.807) is 18.0 Å². The number of nitrogens with two attached hydrogens (primary N) is 1. The number of imidazole rings is 1. The molecule has 2 heterocycles. The van der Waals surface area contributed by atoms with Gasteiger partial charge in [-0.25, -0.2) is 10.8 Å². The van der Waals surface area contributed by atoms with Crippen LogP contribution in [0.25, 0.3) is 0 Å². The molecule has 2 aromatic rings. The second kappa shape index (κ2) is 5.55. The maximum Gasteiger partial charge on any atom is 0.275 e. The number of hydrogen-bond acceptors (Lipinski definition) is 5. The number of carbonyl (C=O) groups excluding carboxylic acids is 1. The number of thioether (sulfide) groups is 1. The summed E-state index contributed by atoms with van der Waals surface area (Å²) in [5, 5.41) is 0.963. The van der Waals surface area contributed by atoms with Crippen LogP contribution >= 0.6 is 23.1 Å². The van der Waals surface area contributed by atoms with E-state index < -0.39 is 0 Å². The highest BCUT2D eigenvalue weighted by Crippen LogP contribution is 2.28. The normalized spacial score (nSPS) is 10.6. The van der Waals surface area contributed by atoms with Crippen LogP contribution in [0.4, 0.5) is 0 Å². The molecule has 0 saturated carbocycles. The summed E-state index contributed by atoms with van der Waals surface area (Å²) in [5.41, 5.74) is 3.29. The molecule has 0 aliphatic carbocycles. The minimum absolute atomic E-state index is 0.239. The van der Waals surface area contributed by atoms with Crippen molar-refractivity contribution >= 4 is 29.0 Å². The van der Waals surface area contributed by atoms with Crippen LogP contribution in [0.5, 0.6) is 0 Å². The fraction of sp³-hybridized carbons (Fsp3) is 0.273. The Morgan fingerprint density at radius 3 is 3.06 bits per heavy atom. The van der Waals surface area contributed by atoms with Gasteiger partial charge in [0.05, 0.1) is 4.88 Å². The SMILES string of the molecule is Cc1sc(C(=O)NN)cc1CSc1nccn1C. The summed E-state index contributed by atoms with van der Waals surface area (Å²) in [6.07, 6.45) is 3.69. The van der Waals surface area contributed by atoms with E-state index in [0.29, 0.717) is 4.88 Å². The Labute approximate surface area is 113 Å². The molecule has 0 aliphatic rings. The minimum atomic E-state index is -0.239. The average Bonchev–Trinajstić information content (AvgIpc) is 2.92. The lowest BCUT2D eigenvalue weighted by Crippen LogP contribution is -2.29.